The molecule has 1 saturated heterocycles. The first-order chi connectivity index (χ1) is 9.92. The van der Waals surface area contributed by atoms with E-state index in [-0.39, 0.29) is 0 Å². The van der Waals surface area contributed by atoms with Gasteiger partial charge in [0.25, 0.3) is 0 Å². The highest BCUT2D eigenvalue weighted by molar-refractivity contribution is 5.36. The van der Waals surface area contributed by atoms with Gasteiger partial charge in [-0.2, -0.15) is 0 Å². The Bertz CT molecular complexity index is 541. The fourth-order valence-corrected chi connectivity index (χ4v) is 2.32. The first kappa shape index (κ1) is 13.0. The van der Waals surface area contributed by atoms with E-state index in [1.807, 2.05) is 30.5 Å². The normalized spacial score (nSPS) is 18.1. The van der Waals surface area contributed by atoms with E-state index in [0.717, 1.165) is 49.8 Å². The summed E-state index contributed by atoms with van der Waals surface area (Å²) < 4.78 is 5.40. The molecular weight excluding hydrogens is 252 g/mol. The molecule has 20 heavy (non-hydrogen) atoms. The van der Waals surface area contributed by atoms with Crippen molar-refractivity contribution in [3.05, 3.63) is 48.2 Å². The Balaban J connectivity index is 1.56. The number of hydrogen-bond donors (Lipinski definition) is 1. The van der Waals surface area contributed by atoms with Gasteiger partial charge in [-0.3, -0.25) is 4.98 Å². The minimum Gasteiger partial charge on any atom is -0.381 e. The zero-order valence-electron chi connectivity index (χ0n) is 11.3. The lowest BCUT2D eigenvalue weighted by Gasteiger charge is -2.09. The Kier molecular flexibility index (Phi) is 4.18. The van der Waals surface area contributed by atoms with E-state index in [1.165, 1.54) is 0 Å². The van der Waals surface area contributed by atoms with Gasteiger partial charge in [0.15, 0.2) is 0 Å². The minimum absolute atomic E-state index is 0.411. The molecule has 2 aromatic rings. The highest BCUT2D eigenvalue weighted by Crippen LogP contribution is 2.24. The molecular formula is C15H18N4O. The maximum absolute atomic E-state index is 5.40. The fraction of sp³-hybridized carbons (Fsp3) is 0.400. The van der Waals surface area contributed by atoms with Crippen LogP contribution >= 0.6 is 0 Å². The first-order valence-corrected chi connectivity index (χ1v) is 6.95. The molecule has 104 valence electrons. The summed E-state index contributed by atoms with van der Waals surface area (Å²) in [6, 6.07) is 7.99. The van der Waals surface area contributed by atoms with Gasteiger partial charge in [0.2, 0.25) is 0 Å². The molecule has 0 amide bonds. The average Bonchev–Trinajstić information content (AvgIpc) is 3.03. The van der Waals surface area contributed by atoms with Crippen LogP contribution in [0.2, 0.25) is 0 Å². The number of anilines is 1. The number of nitrogens with one attached hydrogen (secondary N) is 1. The molecule has 0 bridgehead atoms. The summed E-state index contributed by atoms with van der Waals surface area (Å²) in [6.07, 6.45) is 5.37. The predicted octanol–water partition coefficient (Wildman–Crippen LogP) is 2.03. The molecule has 1 fully saturated rings. The van der Waals surface area contributed by atoms with Crippen molar-refractivity contribution in [2.45, 2.75) is 18.8 Å². The lowest BCUT2D eigenvalue weighted by molar-refractivity contribution is 0.193. The van der Waals surface area contributed by atoms with Gasteiger partial charge in [-0.15, -0.1) is 0 Å². The Morgan fingerprint density at radius 2 is 2.25 bits per heavy atom. The second kappa shape index (κ2) is 6.43. The molecule has 1 N–H and O–H groups in total. The van der Waals surface area contributed by atoms with Crippen LogP contribution in [-0.4, -0.2) is 34.7 Å². The minimum atomic E-state index is 0.411. The van der Waals surface area contributed by atoms with Crippen LogP contribution in [0.4, 0.5) is 5.82 Å². The van der Waals surface area contributed by atoms with Crippen LogP contribution in [0.25, 0.3) is 0 Å². The average molecular weight is 270 g/mol. The third-order valence-electron chi connectivity index (χ3n) is 3.45. The molecule has 0 aliphatic carbocycles. The lowest BCUT2D eigenvalue weighted by Crippen LogP contribution is -2.09. The predicted molar refractivity (Wildman–Crippen MR) is 76.6 cm³/mol. The van der Waals surface area contributed by atoms with E-state index < -0.39 is 0 Å². The Morgan fingerprint density at radius 1 is 1.25 bits per heavy atom. The molecule has 3 heterocycles. The molecule has 1 atom stereocenters. The number of pyridine rings is 1. The largest absolute Gasteiger partial charge is 0.381 e. The van der Waals surface area contributed by atoms with Crippen LogP contribution in [0.5, 0.6) is 0 Å². The second-order valence-corrected chi connectivity index (χ2v) is 4.89. The molecule has 5 heteroatoms. The van der Waals surface area contributed by atoms with Crippen molar-refractivity contribution in [1.29, 1.82) is 0 Å². The topological polar surface area (TPSA) is 59.9 Å². The molecule has 1 aliphatic rings. The monoisotopic (exact) mass is 270 g/mol. The standard InChI is InChI=1S/C15H18N4O/c1-2-6-16-13(3-1)4-7-17-15-9-14(18-11-19-15)12-5-8-20-10-12/h1-3,6,9,11-12H,4-5,7-8,10H2,(H,17,18,19)/t12-/m1/s1. The molecule has 2 aromatic heterocycles. The van der Waals surface area contributed by atoms with Gasteiger partial charge >= 0.3 is 0 Å². The van der Waals surface area contributed by atoms with E-state index >= 15 is 0 Å². The maximum atomic E-state index is 5.40. The zero-order chi connectivity index (χ0) is 13.6. The number of nitrogens with zero attached hydrogens (tertiary/aromatic N) is 3. The van der Waals surface area contributed by atoms with E-state index in [9.17, 15) is 0 Å². The van der Waals surface area contributed by atoms with Crippen LogP contribution in [0.15, 0.2) is 36.8 Å². The van der Waals surface area contributed by atoms with Crippen LogP contribution in [0.1, 0.15) is 23.7 Å². The van der Waals surface area contributed by atoms with Gasteiger partial charge in [0.1, 0.15) is 12.1 Å². The van der Waals surface area contributed by atoms with Gasteiger partial charge in [0.05, 0.1) is 12.3 Å². The van der Waals surface area contributed by atoms with E-state index in [1.54, 1.807) is 6.33 Å². The summed E-state index contributed by atoms with van der Waals surface area (Å²) in [6.45, 7) is 2.41. The highest BCUT2D eigenvalue weighted by Gasteiger charge is 2.19. The molecule has 0 aromatic carbocycles. The van der Waals surface area contributed by atoms with Gasteiger partial charge in [-0.05, 0) is 18.6 Å². The van der Waals surface area contributed by atoms with Gasteiger partial charge in [0, 0.05) is 43.4 Å². The van der Waals surface area contributed by atoms with E-state index in [2.05, 4.69) is 20.3 Å². The first-order valence-electron chi connectivity index (χ1n) is 6.95. The maximum Gasteiger partial charge on any atom is 0.129 e. The molecule has 0 unspecified atom stereocenters. The van der Waals surface area contributed by atoms with Crippen molar-refractivity contribution < 1.29 is 4.74 Å². The molecule has 3 rings (SSSR count). The Morgan fingerprint density at radius 3 is 3.05 bits per heavy atom. The summed E-state index contributed by atoms with van der Waals surface area (Å²) in [5.41, 5.74) is 2.15. The van der Waals surface area contributed by atoms with Crippen molar-refractivity contribution in [2.75, 3.05) is 25.1 Å². The van der Waals surface area contributed by atoms with Crippen LogP contribution in [0, 0.1) is 0 Å². The molecule has 0 radical (unpaired) electrons. The van der Waals surface area contributed by atoms with Crippen LogP contribution in [-0.2, 0) is 11.2 Å². The van der Waals surface area contributed by atoms with E-state index in [4.69, 9.17) is 4.74 Å². The number of ether oxygens (including phenoxy) is 1. The molecule has 0 saturated carbocycles. The quantitative estimate of drug-likeness (QED) is 0.900. The van der Waals surface area contributed by atoms with Gasteiger partial charge < -0.3 is 10.1 Å². The SMILES string of the molecule is c1ccc(CCNc2cc([C@@H]3CCOC3)ncn2)nc1. The van der Waals surface area contributed by atoms with Crippen molar-refractivity contribution >= 4 is 5.82 Å². The fourth-order valence-electron chi connectivity index (χ4n) is 2.32. The Hall–Kier alpha value is -2.01. The van der Waals surface area contributed by atoms with Gasteiger partial charge in [-0.1, -0.05) is 6.07 Å². The summed E-state index contributed by atoms with van der Waals surface area (Å²) in [5.74, 6) is 1.28. The zero-order valence-corrected chi connectivity index (χ0v) is 11.3. The smallest absolute Gasteiger partial charge is 0.129 e. The molecule has 1 aliphatic heterocycles. The van der Waals surface area contributed by atoms with Crippen LogP contribution in [0.3, 0.4) is 0 Å². The number of rotatable bonds is 5. The number of hydrogen-bond acceptors (Lipinski definition) is 5. The van der Waals surface area contributed by atoms with Gasteiger partial charge in [-0.25, -0.2) is 9.97 Å². The second-order valence-electron chi connectivity index (χ2n) is 4.89. The third-order valence-corrected chi connectivity index (χ3v) is 3.45. The number of aromatic nitrogens is 3. The summed E-state index contributed by atoms with van der Waals surface area (Å²) in [5, 5.41) is 3.33. The van der Waals surface area contributed by atoms with Crippen LogP contribution < -0.4 is 5.32 Å². The summed E-state index contributed by atoms with van der Waals surface area (Å²) in [7, 11) is 0. The summed E-state index contributed by atoms with van der Waals surface area (Å²) >= 11 is 0. The highest BCUT2D eigenvalue weighted by atomic mass is 16.5. The summed E-state index contributed by atoms with van der Waals surface area (Å²) in [4.78, 5) is 12.9. The molecule has 5 nitrogen and oxygen atoms in total. The van der Waals surface area contributed by atoms with Crippen molar-refractivity contribution in [3.8, 4) is 0 Å². The third kappa shape index (κ3) is 3.30. The Labute approximate surface area is 118 Å². The van der Waals surface area contributed by atoms with Crippen molar-refractivity contribution in [1.82, 2.24) is 15.0 Å². The lowest BCUT2D eigenvalue weighted by atomic mass is 10.1. The van der Waals surface area contributed by atoms with E-state index in [0.29, 0.717) is 5.92 Å². The van der Waals surface area contributed by atoms with Crippen molar-refractivity contribution in [3.63, 3.8) is 0 Å². The van der Waals surface area contributed by atoms with Crippen molar-refractivity contribution in [2.24, 2.45) is 0 Å². The molecule has 0 spiro atoms.